The van der Waals surface area contributed by atoms with Crippen LogP contribution in [0.3, 0.4) is 0 Å². The highest BCUT2D eigenvalue weighted by Crippen LogP contribution is 2.30. The number of anilines is 1. The van der Waals surface area contributed by atoms with Gasteiger partial charge in [0.1, 0.15) is 5.75 Å². The summed E-state index contributed by atoms with van der Waals surface area (Å²) in [7, 11) is 1.67. The Balaban J connectivity index is 1.39. The molecule has 0 bridgehead atoms. The summed E-state index contributed by atoms with van der Waals surface area (Å²) in [6, 6.07) is 15.3. The number of hydrogen-bond acceptors (Lipinski definition) is 4. The van der Waals surface area contributed by atoms with Crippen molar-refractivity contribution < 1.29 is 14.3 Å². The minimum Gasteiger partial charge on any atom is -0.497 e. The number of amides is 2. The van der Waals surface area contributed by atoms with Crippen LogP contribution in [0.5, 0.6) is 5.75 Å². The summed E-state index contributed by atoms with van der Waals surface area (Å²) in [4.78, 5) is 27.0. The molecule has 0 radical (unpaired) electrons. The number of likely N-dealkylation sites (tertiary alicyclic amines) is 1. The lowest BCUT2D eigenvalue weighted by Gasteiger charge is -2.28. The fraction of sp³-hybridized carbons (Fsp3) is 0.417. The average Bonchev–Trinajstić information content (AvgIpc) is 3.50. The first kappa shape index (κ1) is 20.4. The Morgan fingerprint density at radius 3 is 2.50 bits per heavy atom. The molecule has 1 heterocycles. The van der Waals surface area contributed by atoms with Gasteiger partial charge in [-0.1, -0.05) is 12.1 Å². The van der Waals surface area contributed by atoms with E-state index in [2.05, 4.69) is 21.6 Å². The molecule has 1 saturated carbocycles. The van der Waals surface area contributed by atoms with Gasteiger partial charge < -0.3 is 15.4 Å². The topological polar surface area (TPSA) is 70.7 Å². The smallest absolute Gasteiger partial charge is 0.251 e. The van der Waals surface area contributed by atoms with E-state index in [1.54, 1.807) is 31.4 Å². The number of rotatable bonds is 8. The minimum atomic E-state index is -0.109. The minimum absolute atomic E-state index is 0.0685. The van der Waals surface area contributed by atoms with Gasteiger partial charge in [0.2, 0.25) is 5.91 Å². The Labute approximate surface area is 177 Å². The van der Waals surface area contributed by atoms with E-state index in [9.17, 15) is 9.59 Å². The number of ether oxygens (including phenoxy) is 1. The predicted octanol–water partition coefficient (Wildman–Crippen LogP) is 3.61. The van der Waals surface area contributed by atoms with Crippen LogP contribution in [0, 0.1) is 5.92 Å². The van der Waals surface area contributed by atoms with E-state index in [1.165, 1.54) is 12.8 Å². The number of carbonyl (C=O) groups excluding carboxylic acids is 2. The molecule has 2 amide bonds. The van der Waals surface area contributed by atoms with Gasteiger partial charge in [-0.25, -0.2) is 0 Å². The summed E-state index contributed by atoms with van der Waals surface area (Å²) in [6.45, 7) is 2.60. The van der Waals surface area contributed by atoms with E-state index < -0.39 is 0 Å². The van der Waals surface area contributed by atoms with Crippen molar-refractivity contribution in [2.75, 3.05) is 32.1 Å². The molecule has 158 valence electrons. The lowest BCUT2D eigenvalue weighted by molar-refractivity contribution is -0.117. The zero-order valence-corrected chi connectivity index (χ0v) is 17.4. The van der Waals surface area contributed by atoms with Crippen molar-refractivity contribution in [3.05, 3.63) is 59.7 Å². The zero-order chi connectivity index (χ0) is 20.9. The van der Waals surface area contributed by atoms with Crippen LogP contribution in [0.15, 0.2) is 48.5 Å². The van der Waals surface area contributed by atoms with Gasteiger partial charge in [0.05, 0.1) is 13.2 Å². The van der Waals surface area contributed by atoms with Gasteiger partial charge in [-0.05, 0) is 80.7 Å². The molecule has 2 aromatic carbocycles. The van der Waals surface area contributed by atoms with E-state index in [1.807, 2.05) is 18.2 Å². The quantitative estimate of drug-likeness (QED) is 0.701. The van der Waals surface area contributed by atoms with Gasteiger partial charge in [0.15, 0.2) is 0 Å². The first-order valence-corrected chi connectivity index (χ1v) is 10.7. The van der Waals surface area contributed by atoms with Gasteiger partial charge in [-0.2, -0.15) is 0 Å². The van der Waals surface area contributed by atoms with Crippen LogP contribution in [0.4, 0.5) is 5.69 Å². The molecule has 2 fully saturated rings. The lowest BCUT2D eigenvalue weighted by atomic mass is 10.0. The number of hydrogen-bond donors (Lipinski definition) is 2. The summed E-state index contributed by atoms with van der Waals surface area (Å²) in [5.74, 6) is 0.945. The maximum Gasteiger partial charge on any atom is 0.251 e. The predicted molar refractivity (Wildman–Crippen MR) is 117 cm³/mol. The first-order valence-electron chi connectivity index (χ1n) is 10.7. The standard InChI is InChI=1S/C24H29N3O3/c1-30-21-6-4-5-19(15-21)22(27-13-2-3-14-27)16-25-23(28)17-9-11-20(12-10-17)26-24(29)18-7-8-18/h4-6,9-12,15,18,22H,2-3,7-8,13-14,16H2,1H3,(H,25,28)(H,26,29). The van der Waals surface area contributed by atoms with Crippen molar-refractivity contribution >= 4 is 17.5 Å². The molecule has 1 aliphatic carbocycles. The van der Waals surface area contributed by atoms with Gasteiger partial charge >= 0.3 is 0 Å². The molecule has 6 nitrogen and oxygen atoms in total. The molecule has 2 N–H and O–H groups in total. The number of nitrogens with zero attached hydrogens (tertiary/aromatic N) is 1. The fourth-order valence-corrected chi connectivity index (χ4v) is 3.95. The molecule has 1 saturated heterocycles. The Hall–Kier alpha value is -2.86. The Morgan fingerprint density at radius 2 is 1.83 bits per heavy atom. The third kappa shape index (κ3) is 5.00. The molecule has 0 spiro atoms. The summed E-state index contributed by atoms with van der Waals surface area (Å²) in [5.41, 5.74) is 2.47. The fourth-order valence-electron chi connectivity index (χ4n) is 3.95. The Kier molecular flexibility index (Phi) is 6.33. The molecule has 6 heteroatoms. The van der Waals surface area contributed by atoms with Crippen molar-refractivity contribution in [1.29, 1.82) is 0 Å². The average molecular weight is 408 g/mol. The molecule has 1 unspecified atom stereocenters. The monoisotopic (exact) mass is 407 g/mol. The second-order valence-corrected chi connectivity index (χ2v) is 8.09. The maximum atomic E-state index is 12.7. The number of carbonyl (C=O) groups is 2. The largest absolute Gasteiger partial charge is 0.497 e. The lowest BCUT2D eigenvalue weighted by Crippen LogP contribution is -2.36. The molecule has 1 atom stereocenters. The number of benzene rings is 2. The van der Waals surface area contributed by atoms with Crippen LogP contribution in [0.2, 0.25) is 0 Å². The summed E-state index contributed by atoms with van der Waals surface area (Å²) in [6.07, 6.45) is 4.31. The van der Waals surface area contributed by atoms with Gasteiger partial charge in [0, 0.05) is 23.7 Å². The van der Waals surface area contributed by atoms with Gasteiger partial charge in [0.25, 0.3) is 5.91 Å². The highest BCUT2D eigenvalue weighted by Gasteiger charge is 2.29. The third-order valence-electron chi connectivity index (χ3n) is 5.88. The van der Waals surface area contributed by atoms with Crippen LogP contribution < -0.4 is 15.4 Å². The zero-order valence-electron chi connectivity index (χ0n) is 17.4. The van der Waals surface area contributed by atoms with E-state index in [-0.39, 0.29) is 23.8 Å². The second-order valence-electron chi connectivity index (χ2n) is 8.09. The van der Waals surface area contributed by atoms with Crippen molar-refractivity contribution in [3.63, 3.8) is 0 Å². The van der Waals surface area contributed by atoms with Crippen molar-refractivity contribution in [3.8, 4) is 5.75 Å². The molecule has 0 aromatic heterocycles. The van der Waals surface area contributed by atoms with Crippen LogP contribution in [-0.2, 0) is 4.79 Å². The van der Waals surface area contributed by atoms with Crippen molar-refractivity contribution in [2.24, 2.45) is 5.92 Å². The van der Waals surface area contributed by atoms with Crippen LogP contribution in [0.1, 0.15) is 47.6 Å². The maximum absolute atomic E-state index is 12.7. The Morgan fingerprint density at radius 1 is 1.10 bits per heavy atom. The molecule has 2 aromatic rings. The molecule has 2 aliphatic rings. The van der Waals surface area contributed by atoms with E-state index in [0.717, 1.165) is 42.9 Å². The summed E-state index contributed by atoms with van der Waals surface area (Å²) < 4.78 is 5.38. The number of nitrogens with one attached hydrogen (secondary N) is 2. The molecule has 4 rings (SSSR count). The van der Waals surface area contributed by atoms with Gasteiger partial charge in [-0.15, -0.1) is 0 Å². The van der Waals surface area contributed by atoms with Crippen LogP contribution in [0.25, 0.3) is 0 Å². The van der Waals surface area contributed by atoms with E-state index in [0.29, 0.717) is 12.1 Å². The van der Waals surface area contributed by atoms with E-state index >= 15 is 0 Å². The normalized spacial score (nSPS) is 17.4. The Bertz CT molecular complexity index is 887. The van der Waals surface area contributed by atoms with Crippen molar-refractivity contribution in [1.82, 2.24) is 10.2 Å². The highest BCUT2D eigenvalue weighted by atomic mass is 16.5. The van der Waals surface area contributed by atoms with E-state index in [4.69, 9.17) is 4.74 Å². The molecule has 30 heavy (non-hydrogen) atoms. The number of methoxy groups -OCH3 is 1. The summed E-state index contributed by atoms with van der Waals surface area (Å²) in [5, 5.41) is 5.99. The molecular weight excluding hydrogens is 378 g/mol. The van der Waals surface area contributed by atoms with Crippen LogP contribution >= 0.6 is 0 Å². The van der Waals surface area contributed by atoms with Gasteiger partial charge in [-0.3, -0.25) is 14.5 Å². The molecular formula is C24H29N3O3. The first-order chi connectivity index (χ1) is 14.6. The van der Waals surface area contributed by atoms with Crippen molar-refractivity contribution in [2.45, 2.75) is 31.7 Å². The van der Waals surface area contributed by atoms with Crippen LogP contribution in [-0.4, -0.2) is 43.5 Å². The molecule has 1 aliphatic heterocycles. The third-order valence-corrected chi connectivity index (χ3v) is 5.88. The SMILES string of the molecule is COc1cccc(C(CNC(=O)c2ccc(NC(=O)C3CC3)cc2)N2CCCC2)c1. The second kappa shape index (κ2) is 9.30. The summed E-state index contributed by atoms with van der Waals surface area (Å²) >= 11 is 0. The highest BCUT2D eigenvalue weighted by molar-refractivity contribution is 5.96.